The van der Waals surface area contributed by atoms with Crippen LogP contribution in [0.2, 0.25) is 0 Å². The molecule has 0 aromatic heterocycles. The van der Waals surface area contributed by atoms with E-state index in [0.717, 1.165) is 12.8 Å². The number of piperidine rings is 1. The first kappa shape index (κ1) is 15.9. The first-order valence-corrected chi connectivity index (χ1v) is 8.12. The van der Waals surface area contributed by atoms with E-state index in [2.05, 4.69) is 6.92 Å². The Kier molecular flexibility index (Phi) is 5.17. The Hall–Kier alpha value is -0.170. The summed E-state index contributed by atoms with van der Waals surface area (Å²) in [5.74, 6) is 0.438. The molecule has 1 fully saturated rings. The standard InChI is InChI=1S/C12H27N3O2S/c1-5-12(3,10-13)14(4)18(16,17)15-8-6-7-11(2)9-15/h11H,5-10,13H2,1-4H3. The highest BCUT2D eigenvalue weighted by atomic mass is 32.2. The van der Waals surface area contributed by atoms with Crippen LogP contribution in [-0.2, 0) is 10.2 Å². The number of nitrogens with two attached hydrogens (primary N) is 1. The summed E-state index contributed by atoms with van der Waals surface area (Å²) in [5, 5.41) is 0. The fourth-order valence-electron chi connectivity index (χ4n) is 2.30. The van der Waals surface area contributed by atoms with Crippen LogP contribution in [0.4, 0.5) is 0 Å². The minimum atomic E-state index is -3.39. The third kappa shape index (κ3) is 3.04. The summed E-state index contributed by atoms with van der Waals surface area (Å²) in [5.41, 5.74) is 5.25. The van der Waals surface area contributed by atoms with Gasteiger partial charge in [-0.2, -0.15) is 17.0 Å². The molecule has 0 aromatic rings. The molecule has 2 unspecified atom stereocenters. The zero-order valence-electron chi connectivity index (χ0n) is 12.0. The molecular formula is C12H27N3O2S. The van der Waals surface area contributed by atoms with Crippen molar-refractivity contribution < 1.29 is 8.42 Å². The lowest BCUT2D eigenvalue weighted by atomic mass is 10.00. The second-order valence-electron chi connectivity index (χ2n) is 5.64. The van der Waals surface area contributed by atoms with Gasteiger partial charge in [-0.15, -0.1) is 0 Å². The minimum Gasteiger partial charge on any atom is -0.329 e. The van der Waals surface area contributed by atoms with E-state index < -0.39 is 15.7 Å². The van der Waals surface area contributed by atoms with Crippen LogP contribution in [0.5, 0.6) is 0 Å². The minimum absolute atomic E-state index is 0.336. The molecule has 0 radical (unpaired) electrons. The number of nitrogens with zero attached hydrogens (tertiary/aromatic N) is 2. The van der Waals surface area contributed by atoms with Crippen molar-refractivity contribution in [1.29, 1.82) is 0 Å². The third-order valence-electron chi connectivity index (χ3n) is 4.25. The van der Waals surface area contributed by atoms with E-state index in [0.29, 0.717) is 32.0 Å². The zero-order valence-corrected chi connectivity index (χ0v) is 12.8. The molecular weight excluding hydrogens is 250 g/mol. The van der Waals surface area contributed by atoms with E-state index in [1.165, 1.54) is 4.31 Å². The Balaban J connectivity index is 2.91. The number of rotatable bonds is 5. The molecule has 5 nitrogen and oxygen atoms in total. The van der Waals surface area contributed by atoms with Crippen LogP contribution in [0, 0.1) is 5.92 Å². The average molecular weight is 277 g/mol. The highest BCUT2D eigenvalue weighted by Gasteiger charge is 2.39. The van der Waals surface area contributed by atoms with Crippen LogP contribution in [0.3, 0.4) is 0 Å². The number of hydrogen-bond acceptors (Lipinski definition) is 3. The predicted octanol–water partition coefficient (Wildman–Crippen LogP) is 1.02. The van der Waals surface area contributed by atoms with Crippen LogP contribution in [0.1, 0.15) is 40.0 Å². The SMILES string of the molecule is CCC(C)(CN)N(C)S(=O)(=O)N1CCCC(C)C1. The lowest BCUT2D eigenvalue weighted by Gasteiger charge is -2.41. The Bertz CT molecular complexity index is 366. The van der Waals surface area contributed by atoms with Crippen LogP contribution in [0.15, 0.2) is 0 Å². The van der Waals surface area contributed by atoms with Crippen molar-refractivity contribution in [2.75, 3.05) is 26.7 Å². The zero-order chi connectivity index (χ0) is 14.0. The molecule has 1 aliphatic rings. The van der Waals surface area contributed by atoms with E-state index in [1.54, 1.807) is 11.4 Å². The Morgan fingerprint density at radius 3 is 2.56 bits per heavy atom. The van der Waals surface area contributed by atoms with Gasteiger partial charge in [0.1, 0.15) is 0 Å². The average Bonchev–Trinajstić information content (AvgIpc) is 2.37. The summed E-state index contributed by atoms with van der Waals surface area (Å²) in [7, 11) is -1.75. The summed E-state index contributed by atoms with van der Waals surface area (Å²) >= 11 is 0. The fourth-order valence-corrected chi connectivity index (χ4v) is 4.21. The van der Waals surface area contributed by atoms with Crippen LogP contribution < -0.4 is 5.73 Å². The second kappa shape index (κ2) is 5.86. The number of likely N-dealkylation sites (N-methyl/N-ethyl adjacent to an activating group) is 1. The van der Waals surface area contributed by atoms with Gasteiger partial charge in [-0.25, -0.2) is 0 Å². The maximum absolute atomic E-state index is 12.6. The van der Waals surface area contributed by atoms with Crippen molar-refractivity contribution in [3.8, 4) is 0 Å². The Morgan fingerprint density at radius 2 is 2.11 bits per heavy atom. The molecule has 0 spiro atoms. The quantitative estimate of drug-likeness (QED) is 0.816. The fraction of sp³-hybridized carbons (Fsp3) is 1.00. The van der Waals surface area contributed by atoms with Crippen molar-refractivity contribution in [1.82, 2.24) is 8.61 Å². The molecule has 1 heterocycles. The molecule has 108 valence electrons. The van der Waals surface area contributed by atoms with E-state index in [1.807, 2.05) is 13.8 Å². The van der Waals surface area contributed by atoms with Gasteiger partial charge in [-0.3, -0.25) is 0 Å². The van der Waals surface area contributed by atoms with Gasteiger partial charge in [0.25, 0.3) is 10.2 Å². The molecule has 1 rings (SSSR count). The van der Waals surface area contributed by atoms with Gasteiger partial charge in [-0.1, -0.05) is 13.8 Å². The number of hydrogen-bond donors (Lipinski definition) is 1. The maximum atomic E-state index is 12.6. The van der Waals surface area contributed by atoms with Crippen molar-refractivity contribution in [3.63, 3.8) is 0 Å². The summed E-state index contributed by atoms with van der Waals surface area (Å²) < 4.78 is 28.2. The van der Waals surface area contributed by atoms with Gasteiger partial charge in [0.2, 0.25) is 0 Å². The highest BCUT2D eigenvalue weighted by molar-refractivity contribution is 7.86. The molecule has 1 saturated heterocycles. The van der Waals surface area contributed by atoms with Crippen molar-refractivity contribution in [2.45, 2.75) is 45.6 Å². The van der Waals surface area contributed by atoms with Crippen LogP contribution in [-0.4, -0.2) is 49.2 Å². The van der Waals surface area contributed by atoms with Gasteiger partial charge in [0.05, 0.1) is 0 Å². The third-order valence-corrected chi connectivity index (χ3v) is 6.37. The lowest BCUT2D eigenvalue weighted by Crippen LogP contribution is -2.57. The highest BCUT2D eigenvalue weighted by Crippen LogP contribution is 2.25. The largest absolute Gasteiger partial charge is 0.329 e. The van der Waals surface area contributed by atoms with Crippen LogP contribution in [0.25, 0.3) is 0 Å². The Morgan fingerprint density at radius 1 is 1.50 bits per heavy atom. The molecule has 0 bridgehead atoms. The summed E-state index contributed by atoms with van der Waals surface area (Å²) in [6.45, 7) is 7.56. The smallest absolute Gasteiger partial charge is 0.282 e. The maximum Gasteiger partial charge on any atom is 0.282 e. The first-order valence-electron chi connectivity index (χ1n) is 6.72. The lowest BCUT2D eigenvalue weighted by molar-refractivity contribution is 0.203. The van der Waals surface area contributed by atoms with Gasteiger partial charge in [0, 0.05) is 32.2 Å². The molecule has 18 heavy (non-hydrogen) atoms. The van der Waals surface area contributed by atoms with Crippen molar-refractivity contribution >= 4 is 10.2 Å². The van der Waals surface area contributed by atoms with E-state index in [-0.39, 0.29) is 0 Å². The molecule has 2 atom stereocenters. The van der Waals surface area contributed by atoms with E-state index in [9.17, 15) is 8.42 Å². The molecule has 0 aromatic carbocycles. The molecule has 2 N–H and O–H groups in total. The molecule has 0 aliphatic carbocycles. The van der Waals surface area contributed by atoms with Gasteiger partial charge in [-0.05, 0) is 32.1 Å². The van der Waals surface area contributed by atoms with Crippen molar-refractivity contribution in [3.05, 3.63) is 0 Å². The summed E-state index contributed by atoms with van der Waals surface area (Å²) in [4.78, 5) is 0. The van der Waals surface area contributed by atoms with Gasteiger partial charge >= 0.3 is 0 Å². The normalized spacial score (nSPS) is 26.2. The summed E-state index contributed by atoms with van der Waals surface area (Å²) in [6.07, 6.45) is 2.76. The second-order valence-corrected chi connectivity index (χ2v) is 7.60. The predicted molar refractivity (Wildman–Crippen MR) is 74.4 cm³/mol. The molecule has 0 amide bonds. The summed E-state index contributed by atoms with van der Waals surface area (Å²) in [6, 6.07) is 0. The van der Waals surface area contributed by atoms with E-state index >= 15 is 0 Å². The van der Waals surface area contributed by atoms with E-state index in [4.69, 9.17) is 5.73 Å². The van der Waals surface area contributed by atoms with Crippen LogP contribution >= 0.6 is 0 Å². The monoisotopic (exact) mass is 277 g/mol. The first-order chi connectivity index (χ1) is 8.28. The van der Waals surface area contributed by atoms with Crippen molar-refractivity contribution in [2.24, 2.45) is 11.7 Å². The molecule has 6 heteroatoms. The van der Waals surface area contributed by atoms with Gasteiger partial charge in [0.15, 0.2) is 0 Å². The Labute approximate surface area is 112 Å². The van der Waals surface area contributed by atoms with Gasteiger partial charge < -0.3 is 5.73 Å². The molecule has 1 aliphatic heterocycles. The molecule has 0 saturated carbocycles. The topological polar surface area (TPSA) is 66.6 Å².